The van der Waals surface area contributed by atoms with Gasteiger partial charge in [0.25, 0.3) is 5.91 Å². The van der Waals surface area contributed by atoms with Crippen LogP contribution >= 0.6 is 0 Å². The minimum Gasteiger partial charge on any atom is -0.491 e. The molecule has 1 heterocycles. The molecule has 2 aromatic rings. The summed E-state index contributed by atoms with van der Waals surface area (Å²) in [5.74, 6) is -1.67. The largest absolute Gasteiger partial charge is 0.491 e. The first-order chi connectivity index (χ1) is 23.2. The van der Waals surface area contributed by atoms with Crippen molar-refractivity contribution in [1.82, 2.24) is 26.6 Å². The van der Waals surface area contributed by atoms with Crippen LogP contribution in [0.25, 0.3) is 0 Å². The number of carbonyl (C=O) groups is 5. The normalized spacial score (nSPS) is 23.0. The lowest BCUT2D eigenvalue weighted by molar-refractivity contribution is -0.132. The van der Waals surface area contributed by atoms with Crippen LogP contribution < -0.4 is 31.3 Å². The molecular weight excluding hydrogens is 614 g/mol. The fourth-order valence-electron chi connectivity index (χ4n) is 6.12. The average Bonchev–Trinajstić information content (AvgIpc) is 3.09. The van der Waals surface area contributed by atoms with E-state index in [1.807, 2.05) is 30.3 Å². The molecule has 0 bridgehead atoms. The molecule has 4 atom stereocenters. The molecule has 2 aliphatic rings. The van der Waals surface area contributed by atoms with Crippen LogP contribution in [0, 0.1) is 5.92 Å². The quantitative estimate of drug-likeness (QED) is 0.211. The van der Waals surface area contributed by atoms with E-state index < -0.39 is 54.4 Å². The van der Waals surface area contributed by atoms with Gasteiger partial charge in [-0.2, -0.15) is 0 Å². The van der Waals surface area contributed by atoms with Crippen LogP contribution in [0.1, 0.15) is 80.6 Å². The molecule has 1 saturated carbocycles. The number of nitrogens with one attached hydrogen (secondary N) is 5. The van der Waals surface area contributed by atoms with Crippen molar-refractivity contribution in [2.24, 2.45) is 5.92 Å². The monoisotopic (exact) mass is 663 g/mol. The van der Waals surface area contributed by atoms with Gasteiger partial charge in [-0.25, -0.2) is 0 Å². The maximum atomic E-state index is 13.8. The second kappa shape index (κ2) is 18.8. The fraction of sp³-hybridized carbons (Fsp3) is 0.528. The van der Waals surface area contributed by atoms with E-state index in [9.17, 15) is 29.1 Å². The minimum absolute atomic E-state index is 0.0128. The van der Waals surface area contributed by atoms with E-state index in [0.29, 0.717) is 44.6 Å². The topological polar surface area (TPSA) is 175 Å². The number of hydrogen-bond acceptors (Lipinski definition) is 7. The Labute approximate surface area is 282 Å². The second-order valence-corrected chi connectivity index (χ2v) is 12.8. The third-order valence-corrected chi connectivity index (χ3v) is 8.87. The van der Waals surface area contributed by atoms with Gasteiger partial charge < -0.3 is 36.4 Å². The number of ether oxygens (including phenoxy) is 1. The number of carbonyl (C=O) groups excluding carboxylic acids is 5. The van der Waals surface area contributed by atoms with E-state index in [0.717, 1.165) is 18.4 Å². The molecule has 12 nitrogen and oxygen atoms in total. The second-order valence-electron chi connectivity index (χ2n) is 12.8. The summed E-state index contributed by atoms with van der Waals surface area (Å²) in [6, 6.07) is 12.2. The molecular formula is C36H49N5O7. The van der Waals surface area contributed by atoms with Crippen molar-refractivity contribution < 1.29 is 33.8 Å². The summed E-state index contributed by atoms with van der Waals surface area (Å²) in [6.45, 7) is 1.25. The van der Waals surface area contributed by atoms with Crippen LogP contribution in [0.3, 0.4) is 0 Å². The Morgan fingerprint density at radius 2 is 1.54 bits per heavy atom. The van der Waals surface area contributed by atoms with E-state index >= 15 is 0 Å². The van der Waals surface area contributed by atoms with Gasteiger partial charge in [-0.1, -0.05) is 61.7 Å². The average molecular weight is 664 g/mol. The molecule has 2 aromatic carbocycles. The molecule has 6 N–H and O–H groups in total. The number of amides is 5. The van der Waals surface area contributed by atoms with Crippen molar-refractivity contribution in [2.75, 3.05) is 19.8 Å². The Balaban J connectivity index is 1.48. The molecule has 0 spiro atoms. The molecule has 4 rings (SSSR count). The van der Waals surface area contributed by atoms with Gasteiger partial charge in [0, 0.05) is 13.0 Å². The van der Waals surface area contributed by atoms with Crippen molar-refractivity contribution in [3.63, 3.8) is 0 Å². The Bertz CT molecular complexity index is 1380. The Kier molecular flexibility index (Phi) is 14.2. The molecule has 48 heavy (non-hydrogen) atoms. The highest BCUT2D eigenvalue weighted by Crippen LogP contribution is 2.26. The summed E-state index contributed by atoms with van der Waals surface area (Å²) in [5.41, 5.74) is 1.11. The molecule has 12 heteroatoms. The lowest BCUT2D eigenvalue weighted by Gasteiger charge is -2.26. The predicted molar refractivity (Wildman–Crippen MR) is 180 cm³/mol. The molecule has 0 unspecified atom stereocenters. The summed E-state index contributed by atoms with van der Waals surface area (Å²) < 4.78 is 6.08. The zero-order valence-electron chi connectivity index (χ0n) is 27.7. The lowest BCUT2D eigenvalue weighted by Crippen LogP contribution is -2.57. The number of para-hydroxylation sites is 1. The summed E-state index contributed by atoms with van der Waals surface area (Å²) in [6.07, 6.45) is 8.23. The highest BCUT2D eigenvalue weighted by Gasteiger charge is 2.29. The lowest BCUT2D eigenvalue weighted by atomic mass is 9.87. The SMILES string of the molecule is C[C@@H]1NC(=O)[C@H](CO)NC(=O)c2ccccc2OC[C@H](Cc2ccccc2)NC(=O)[C@H](CCCCNC(=O)CC2CCCCC2)NC1=O. The number of aliphatic hydroxyl groups is 1. The van der Waals surface area contributed by atoms with E-state index in [1.54, 1.807) is 18.2 Å². The molecule has 260 valence electrons. The number of benzene rings is 2. The molecule has 1 aliphatic carbocycles. The zero-order chi connectivity index (χ0) is 34.3. The zero-order valence-corrected chi connectivity index (χ0v) is 27.7. The third-order valence-electron chi connectivity index (χ3n) is 8.87. The number of aliphatic hydroxyl groups excluding tert-OH is 1. The summed E-state index contributed by atoms with van der Waals surface area (Å²) in [7, 11) is 0. The minimum atomic E-state index is -1.33. The van der Waals surface area contributed by atoms with E-state index in [4.69, 9.17) is 4.74 Å². The van der Waals surface area contributed by atoms with Crippen molar-refractivity contribution in [1.29, 1.82) is 0 Å². The number of fused-ring (bicyclic) bond motifs is 1. The van der Waals surface area contributed by atoms with E-state index in [1.165, 1.54) is 32.3 Å². The Hall–Kier alpha value is -4.45. The smallest absolute Gasteiger partial charge is 0.255 e. The Morgan fingerprint density at radius 3 is 2.29 bits per heavy atom. The van der Waals surface area contributed by atoms with Crippen molar-refractivity contribution in [3.8, 4) is 5.75 Å². The first-order valence-electron chi connectivity index (χ1n) is 17.1. The summed E-state index contributed by atoms with van der Waals surface area (Å²) in [4.78, 5) is 65.5. The van der Waals surface area contributed by atoms with Crippen molar-refractivity contribution in [3.05, 3.63) is 65.7 Å². The molecule has 0 aromatic heterocycles. The molecule has 1 fully saturated rings. The van der Waals surface area contributed by atoms with Crippen LogP contribution in [0.15, 0.2) is 54.6 Å². The van der Waals surface area contributed by atoms with Gasteiger partial charge in [-0.3, -0.25) is 24.0 Å². The number of hydrogen-bond donors (Lipinski definition) is 6. The first kappa shape index (κ1) is 36.4. The van der Waals surface area contributed by atoms with E-state index in [2.05, 4.69) is 26.6 Å². The predicted octanol–water partition coefficient (Wildman–Crippen LogP) is 2.14. The maximum absolute atomic E-state index is 13.8. The van der Waals surface area contributed by atoms with Gasteiger partial charge >= 0.3 is 0 Å². The molecule has 0 radical (unpaired) electrons. The molecule has 1 aliphatic heterocycles. The summed E-state index contributed by atoms with van der Waals surface area (Å²) >= 11 is 0. The van der Waals surface area contributed by atoms with Crippen LogP contribution in [-0.2, 0) is 25.6 Å². The van der Waals surface area contributed by atoms with Gasteiger partial charge in [0.15, 0.2) is 0 Å². The van der Waals surface area contributed by atoms with Crippen LogP contribution in [0.2, 0.25) is 0 Å². The van der Waals surface area contributed by atoms with Gasteiger partial charge in [0.1, 0.15) is 30.5 Å². The van der Waals surface area contributed by atoms with Crippen LogP contribution in [0.5, 0.6) is 5.75 Å². The number of rotatable bonds is 10. The number of unbranched alkanes of at least 4 members (excludes halogenated alkanes) is 1. The first-order valence-corrected chi connectivity index (χ1v) is 17.1. The summed E-state index contributed by atoms with van der Waals surface area (Å²) in [5, 5.41) is 23.7. The third kappa shape index (κ3) is 11.4. The fourth-order valence-corrected chi connectivity index (χ4v) is 6.12. The maximum Gasteiger partial charge on any atom is 0.255 e. The van der Waals surface area contributed by atoms with Crippen LogP contribution in [0.4, 0.5) is 0 Å². The van der Waals surface area contributed by atoms with Gasteiger partial charge in [-0.15, -0.1) is 0 Å². The standard InChI is InChI=1S/C36H49N5O7/c1-24-33(44)40-29(17-10-11-19-37-32(43)21-26-14-6-3-7-15-26)35(46)39-27(20-25-12-4-2-5-13-25)23-48-31-18-9-8-16-28(31)34(45)41-30(22-42)36(47)38-24/h2,4-5,8-9,12-13,16,18,24,26-27,29-30,42H,3,6-7,10-11,14-15,17,19-23H2,1H3,(H,37,43)(H,38,47)(H,39,46)(H,40,44)(H,41,45)/t24-,27-,29-,30-/m0/s1. The highest BCUT2D eigenvalue weighted by atomic mass is 16.5. The van der Waals surface area contributed by atoms with Crippen molar-refractivity contribution >= 4 is 29.5 Å². The van der Waals surface area contributed by atoms with Gasteiger partial charge in [0.2, 0.25) is 23.6 Å². The van der Waals surface area contributed by atoms with Crippen molar-refractivity contribution in [2.45, 2.75) is 95.3 Å². The van der Waals surface area contributed by atoms with Gasteiger partial charge in [-0.05, 0) is 69.1 Å². The highest BCUT2D eigenvalue weighted by molar-refractivity contribution is 6.00. The van der Waals surface area contributed by atoms with Crippen LogP contribution in [-0.4, -0.2) is 78.6 Å². The van der Waals surface area contributed by atoms with Gasteiger partial charge in [0.05, 0.1) is 18.2 Å². The Morgan fingerprint density at radius 1 is 0.833 bits per heavy atom. The van der Waals surface area contributed by atoms with E-state index in [-0.39, 0.29) is 23.8 Å². The molecule has 5 amide bonds. The molecule has 0 saturated heterocycles.